The Morgan fingerprint density at radius 1 is 1.09 bits per heavy atom. The van der Waals surface area contributed by atoms with Crippen molar-refractivity contribution < 1.29 is 9.47 Å². The molecule has 0 radical (unpaired) electrons. The van der Waals surface area contributed by atoms with Crippen LogP contribution in [0.15, 0.2) is 41.6 Å². The molecule has 0 bridgehead atoms. The Morgan fingerprint density at radius 2 is 1.91 bits per heavy atom. The van der Waals surface area contributed by atoms with Crippen LogP contribution >= 0.6 is 11.8 Å². The molecular weight excluding hydrogens is 450 g/mol. The number of hydrogen-bond donors (Lipinski definition) is 2. The van der Waals surface area contributed by atoms with Crippen molar-refractivity contribution in [3.05, 3.63) is 36.7 Å². The van der Waals surface area contributed by atoms with Crippen LogP contribution in [0, 0.1) is 0 Å². The molecule has 5 rings (SSSR count). The monoisotopic (exact) mass is 481 g/mol. The van der Waals surface area contributed by atoms with E-state index in [2.05, 4.69) is 26.8 Å². The molecule has 2 aliphatic heterocycles. The molecule has 2 aliphatic rings. The number of hydrogen-bond acceptors (Lipinski definition) is 10. The number of methoxy groups -OCH3 is 1. The molecule has 0 aliphatic carbocycles. The highest BCUT2D eigenvalue weighted by molar-refractivity contribution is 8.00. The highest BCUT2D eigenvalue weighted by atomic mass is 32.2. The van der Waals surface area contributed by atoms with Crippen LogP contribution in [0.1, 0.15) is 6.42 Å². The fourth-order valence-corrected chi connectivity index (χ4v) is 5.51. The SMILES string of the molecule is COc1cc2c(N3c4ccc(N)cc4SC3N)ncnc2cc1OCCCN1CCN(C)CC1. The molecule has 34 heavy (non-hydrogen) atoms. The normalized spacial score (nSPS) is 18.9. The Hall–Kier alpha value is -2.79. The van der Waals surface area contributed by atoms with Gasteiger partial charge < -0.3 is 30.7 Å². The van der Waals surface area contributed by atoms with Crippen LogP contribution < -0.4 is 25.8 Å². The molecular formula is C24H31N7O2S. The van der Waals surface area contributed by atoms with Crippen LogP contribution in [-0.4, -0.2) is 78.8 Å². The van der Waals surface area contributed by atoms with E-state index in [4.69, 9.17) is 20.9 Å². The van der Waals surface area contributed by atoms with Crippen LogP contribution in [0.2, 0.25) is 0 Å². The quantitative estimate of drug-likeness (QED) is 0.386. The lowest BCUT2D eigenvalue weighted by atomic mass is 10.2. The summed E-state index contributed by atoms with van der Waals surface area (Å²) in [5, 5.41) is 0.852. The number of likely N-dealkylation sites (N-methyl/N-ethyl adjacent to an activating group) is 1. The van der Waals surface area contributed by atoms with E-state index in [9.17, 15) is 0 Å². The second kappa shape index (κ2) is 9.83. The maximum atomic E-state index is 6.48. The standard InChI is InChI=1S/C24H31N7O2S/c1-29-7-9-30(10-8-29)6-3-11-33-21-14-18-17(13-20(21)32-2)23(28-15-27-18)31-19-5-4-16(25)12-22(19)34-24(31)26/h4-5,12-15,24H,3,6-11,25-26H2,1-2H3. The van der Waals surface area contributed by atoms with Crippen molar-refractivity contribution >= 4 is 39.9 Å². The third-order valence-electron chi connectivity index (χ3n) is 6.35. The summed E-state index contributed by atoms with van der Waals surface area (Å²) in [7, 11) is 3.82. The molecule has 0 saturated carbocycles. The van der Waals surface area contributed by atoms with Gasteiger partial charge in [-0.2, -0.15) is 0 Å². The molecule has 1 saturated heterocycles. The number of aromatic nitrogens is 2. The number of nitrogens with zero attached hydrogens (tertiary/aromatic N) is 5. The molecule has 1 unspecified atom stereocenters. The van der Waals surface area contributed by atoms with Gasteiger partial charge in [0.2, 0.25) is 0 Å². The second-order valence-electron chi connectivity index (χ2n) is 8.67. The maximum absolute atomic E-state index is 6.48. The predicted molar refractivity (Wildman–Crippen MR) is 137 cm³/mol. The summed E-state index contributed by atoms with van der Waals surface area (Å²) in [6, 6.07) is 9.66. The number of anilines is 3. The lowest BCUT2D eigenvalue weighted by Gasteiger charge is -2.32. The van der Waals surface area contributed by atoms with Crippen LogP contribution in [0.4, 0.5) is 17.2 Å². The van der Waals surface area contributed by atoms with Gasteiger partial charge in [0.25, 0.3) is 0 Å². The van der Waals surface area contributed by atoms with Crippen molar-refractivity contribution in [3.63, 3.8) is 0 Å². The van der Waals surface area contributed by atoms with E-state index in [0.717, 1.165) is 66.4 Å². The van der Waals surface area contributed by atoms with Crippen molar-refractivity contribution in [2.45, 2.75) is 16.8 Å². The summed E-state index contributed by atoms with van der Waals surface area (Å²) >= 11 is 1.56. The summed E-state index contributed by atoms with van der Waals surface area (Å²) in [6.07, 6.45) is 2.52. The van der Waals surface area contributed by atoms with Crippen molar-refractivity contribution in [1.82, 2.24) is 19.8 Å². The average Bonchev–Trinajstić information content (AvgIpc) is 3.16. The molecule has 1 fully saturated rings. The molecule has 0 amide bonds. The van der Waals surface area contributed by atoms with Gasteiger partial charge in [0.15, 0.2) is 11.5 Å². The number of fused-ring (bicyclic) bond motifs is 2. The Balaban J connectivity index is 1.35. The van der Waals surface area contributed by atoms with Gasteiger partial charge in [-0.1, -0.05) is 11.8 Å². The molecule has 3 aromatic rings. The molecule has 0 spiro atoms. The predicted octanol–water partition coefficient (Wildman–Crippen LogP) is 2.72. The zero-order valence-electron chi connectivity index (χ0n) is 19.6. The molecule has 10 heteroatoms. The fraction of sp³-hybridized carbons (Fsp3) is 0.417. The van der Waals surface area contributed by atoms with Gasteiger partial charge in [0.1, 0.15) is 17.6 Å². The summed E-state index contributed by atoms with van der Waals surface area (Å²) in [5.41, 5.74) is 14.6. The van der Waals surface area contributed by atoms with Crippen molar-refractivity contribution in [3.8, 4) is 11.5 Å². The van der Waals surface area contributed by atoms with E-state index in [0.29, 0.717) is 23.8 Å². The van der Waals surface area contributed by atoms with E-state index in [1.54, 1.807) is 25.2 Å². The molecule has 9 nitrogen and oxygen atoms in total. The van der Waals surface area contributed by atoms with Gasteiger partial charge in [-0.05, 0) is 37.7 Å². The molecule has 1 aromatic heterocycles. The van der Waals surface area contributed by atoms with E-state index >= 15 is 0 Å². The second-order valence-corrected chi connectivity index (χ2v) is 9.83. The third-order valence-corrected chi connectivity index (χ3v) is 7.38. The maximum Gasteiger partial charge on any atom is 0.163 e. The van der Waals surface area contributed by atoms with E-state index in [1.165, 1.54) is 0 Å². The number of benzene rings is 2. The topological polar surface area (TPSA) is 106 Å². The summed E-state index contributed by atoms with van der Waals surface area (Å²) in [6.45, 7) is 6.13. The van der Waals surface area contributed by atoms with Crippen molar-refractivity contribution in [2.75, 3.05) is 64.1 Å². The van der Waals surface area contributed by atoms with Crippen LogP contribution in [0.5, 0.6) is 11.5 Å². The molecule has 1 atom stereocenters. The lowest BCUT2D eigenvalue weighted by Crippen LogP contribution is -2.44. The van der Waals surface area contributed by atoms with E-state index < -0.39 is 0 Å². The zero-order valence-corrected chi connectivity index (χ0v) is 20.4. The van der Waals surface area contributed by atoms with Gasteiger partial charge in [0, 0.05) is 54.8 Å². The Kier molecular flexibility index (Phi) is 6.64. The molecule has 2 aromatic carbocycles. The van der Waals surface area contributed by atoms with Crippen LogP contribution in [0.3, 0.4) is 0 Å². The van der Waals surface area contributed by atoms with E-state index in [1.807, 2.05) is 35.2 Å². The molecule has 180 valence electrons. The highest BCUT2D eigenvalue weighted by Crippen LogP contribution is 2.47. The lowest BCUT2D eigenvalue weighted by molar-refractivity contribution is 0.145. The fourth-order valence-electron chi connectivity index (χ4n) is 4.44. The van der Waals surface area contributed by atoms with Crippen molar-refractivity contribution in [1.29, 1.82) is 0 Å². The number of nitrogen functional groups attached to an aromatic ring is 1. The molecule has 3 heterocycles. The minimum atomic E-state index is -0.314. The Labute approximate surface area is 204 Å². The Morgan fingerprint density at radius 3 is 2.71 bits per heavy atom. The van der Waals surface area contributed by atoms with Gasteiger partial charge >= 0.3 is 0 Å². The number of rotatable bonds is 7. The van der Waals surface area contributed by atoms with Crippen LogP contribution in [-0.2, 0) is 0 Å². The first kappa shape index (κ1) is 23.0. The van der Waals surface area contributed by atoms with Gasteiger partial charge in [0.05, 0.1) is 24.9 Å². The van der Waals surface area contributed by atoms with Crippen LogP contribution in [0.25, 0.3) is 10.9 Å². The third kappa shape index (κ3) is 4.58. The number of ether oxygens (including phenoxy) is 2. The molecule has 4 N–H and O–H groups in total. The van der Waals surface area contributed by atoms with Gasteiger partial charge in [-0.25, -0.2) is 9.97 Å². The first-order valence-corrected chi connectivity index (χ1v) is 12.4. The number of nitrogens with two attached hydrogens (primary N) is 2. The number of thioether (sulfide) groups is 1. The summed E-state index contributed by atoms with van der Waals surface area (Å²) in [4.78, 5) is 17.0. The minimum Gasteiger partial charge on any atom is -0.493 e. The average molecular weight is 482 g/mol. The zero-order chi connectivity index (χ0) is 23.7. The number of piperazine rings is 1. The van der Waals surface area contributed by atoms with Gasteiger partial charge in [-0.15, -0.1) is 0 Å². The largest absolute Gasteiger partial charge is 0.493 e. The smallest absolute Gasteiger partial charge is 0.163 e. The van der Waals surface area contributed by atoms with E-state index in [-0.39, 0.29) is 5.50 Å². The minimum absolute atomic E-state index is 0.314. The van der Waals surface area contributed by atoms with Gasteiger partial charge in [-0.3, -0.25) is 4.90 Å². The Bertz CT molecular complexity index is 1170. The summed E-state index contributed by atoms with van der Waals surface area (Å²) < 4.78 is 11.8. The summed E-state index contributed by atoms with van der Waals surface area (Å²) in [5.74, 6) is 2.07. The first-order valence-electron chi connectivity index (χ1n) is 11.5. The highest BCUT2D eigenvalue weighted by Gasteiger charge is 2.31. The first-order chi connectivity index (χ1) is 16.5. The van der Waals surface area contributed by atoms with Crippen molar-refractivity contribution in [2.24, 2.45) is 5.73 Å².